The van der Waals surface area contributed by atoms with Crippen molar-refractivity contribution in [3.8, 4) is 0 Å². The zero-order valence-corrected chi connectivity index (χ0v) is 10.2. The van der Waals surface area contributed by atoms with Crippen molar-refractivity contribution in [3.63, 3.8) is 0 Å². The highest BCUT2D eigenvalue weighted by molar-refractivity contribution is 4.83. The Labute approximate surface area is 92.4 Å². The van der Waals surface area contributed by atoms with E-state index in [0.717, 1.165) is 0 Å². The smallest absolute Gasteiger partial charge is 0.211 e. The van der Waals surface area contributed by atoms with E-state index in [1.165, 1.54) is 25.7 Å². The lowest BCUT2D eigenvalue weighted by molar-refractivity contribution is 0.0884. The molecular formula is C13H24F2. The SMILES string of the molecule is CC(C)(C)C(CCC(F)F)C1CCCC1. The van der Waals surface area contributed by atoms with E-state index in [1.54, 1.807) is 0 Å². The second-order valence-corrected chi connectivity index (χ2v) is 5.99. The van der Waals surface area contributed by atoms with Crippen molar-refractivity contribution < 1.29 is 8.78 Å². The van der Waals surface area contributed by atoms with Crippen LogP contribution in [0.25, 0.3) is 0 Å². The monoisotopic (exact) mass is 218 g/mol. The maximum Gasteiger partial charge on any atom is 0.238 e. The average Bonchev–Trinajstić information content (AvgIpc) is 2.54. The van der Waals surface area contributed by atoms with Crippen LogP contribution in [0.3, 0.4) is 0 Å². The van der Waals surface area contributed by atoms with Crippen LogP contribution in [0.5, 0.6) is 0 Å². The average molecular weight is 218 g/mol. The van der Waals surface area contributed by atoms with Gasteiger partial charge in [0.25, 0.3) is 0 Å². The molecule has 0 bridgehead atoms. The van der Waals surface area contributed by atoms with Crippen LogP contribution in [0.4, 0.5) is 8.78 Å². The van der Waals surface area contributed by atoms with Crippen molar-refractivity contribution in [2.24, 2.45) is 17.3 Å². The standard InChI is InChI=1S/C13H24F2/c1-13(2,3)11(8-9-12(14)15)10-6-4-5-7-10/h10-12H,4-9H2,1-3H3. The van der Waals surface area contributed by atoms with Crippen LogP contribution in [0.2, 0.25) is 0 Å². The second-order valence-electron chi connectivity index (χ2n) is 5.99. The van der Waals surface area contributed by atoms with Crippen LogP contribution >= 0.6 is 0 Å². The Kier molecular flexibility index (Phi) is 4.54. The molecule has 1 atom stereocenters. The third kappa shape index (κ3) is 4.08. The van der Waals surface area contributed by atoms with E-state index in [9.17, 15) is 8.78 Å². The normalized spacial score (nSPS) is 21.2. The van der Waals surface area contributed by atoms with E-state index in [2.05, 4.69) is 20.8 Å². The lowest BCUT2D eigenvalue weighted by atomic mass is 9.70. The highest BCUT2D eigenvalue weighted by Gasteiger charge is 2.33. The summed E-state index contributed by atoms with van der Waals surface area (Å²) in [5.41, 5.74) is 0.184. The van der Waals surface area contributed by atoms with Crippen LogP contribution in [-0.4, -0.2) is 6.43 Å². The van der Waals surface area contributed by atoms with Crippen LogP contribution < -0.4 is 0 Å². The van der Waals surface area contributed by atoms with Gasteiger partial charge in [-0.05, 0) is 23.7 Å². The first-order chi connectivity index (χ1) is 6.91. The van der Waals surface area contributed by atoms with E-state index in [-0.39, 0.29) is 11.8 Å². The molecule has 0 spiro atoms. The third-order valence-electron chi connectivity index (χ3n) is 3.78. The minimum Gasteiger partial charge on any atom is -0.211 e. The number of hydrogen-bond acceptors (Lipinski definition) is 0. The highest BCUT2D eigenvalue weighted by atomic mass is 19.3. The Morgan fingerprint density at radius 1 is 1.07 bits per heavy atom. The zero-order valence-electron chi connectivity index (χ0n) is 10.2. The first-order valence-electron chi connectivity index (χ1n) is 6.19. The van der Waals surface area contributed by atoms with Gasteiger partial charge < -0.3 is 0 Å². The summed E-state index contributed by atoms with van der Waals surface area (Å²) in [6.07, 6.45) is 3.76. The molecular weight excluding hydrogens is 194 g/mol. The Bertz CT molecular complexity index is 175. The Balaban J connectivity index is 2.52. The molecule has 0 heterocycles. The van der Waals surface area contributed by atoms with Gasteiger partial charge in [-0.15, -0.1) is 0 Å². The maximum absolute atomic E-state index is 12.3. The molecule has 0 N–H and O–H groups in total. The molecule has 1 rings (SSSR count). The summed E-state index contributed by atoms with van der Waals surface area (Å²) in [4.78, 5) is 0. The quantitative estimate of drug-likeness (QED) is 0.630. The highest BCUT2D eigenvalue weighted by Crippen LogP contribution is 2.43. The first-order valence-corrected chi connectivity index (χ1v) is 6.19. The fraction of sp³-hybridized carbons (Fsp3) is 1.00. The summed E-state index contributed by atoms with van der Waals surface area (Å²) in [5.74, 6) is 1.18. The number of alkyl halides is 2. The van der Waals surface area contributed by atoms with E-state index in [4.69, 9.17) is 0 Å². The van der Waals surface area contributed by atoms with Gasteiger partial charge in [-0.1, -0.05) is 46.5 Å². The van der Waals surface area contributed by atoms with Crippen molar-refractivity contribution in [2.75, 3.05) is 0 Å². The zero-order chi connectivity index (χ0) is 11.5. The van der Waals surface area contributed by atoms with Crippen molar-refractivity contribution in [3.05, 3.63) is 0 Å². The lowest BCUT2D eigenvalue weighted by Gasteiger charge is -2.35. The van der Waals surface area contributed by atoms with Crippen LogP contribution in [-0.2, 0) is 0 Å². The molecule has 1 aliphatic carbocycles. The van der Waals surface area contributed by atoms with Gasteiger partial charge >= 0.3 is 0 Å². The molecule has 0 aliphatic heterocycles. The molecule has 0 aromatic heterocycles. The number of halogens is 2. The molecule has 2 heteroatoms. The molecule has 1 saturated carbocycles. The van der Waals surface area contributed by atoms with E-state index in [0.29, 0.717) is 18.3 Å². The first kappa shape index (κ1) is 12.9. The van der Waals surface area contributed by atoms with Crippen molar-refractivity contribution in [1.29, 1.82) is 0 Å². The number of hydrogen-bond donors (Lipinski definition) is 0. The molecule has 90 valence electrons. The van der Waals surface area contributed by atoms with E-state index >= 15 is 0 Å². The molecule has 0 aromatic rings. The Morgan fingerprint density at radius 3 is 2.00 bits per heavy atom. The molecule has 0 aromatic carbocycles. The van der Waals surface area contributed by atoms with Crippen molar-refractivity contribution in [2.45, 2.75) is 65.7 Å². The van der Waals surface area contributed by atoms with Gasteiger partial charge in [0.15, 0.2) is 0 Å². The van der Waals surface area contributed by atoms with Crippen LogP contribution in [0, 0.1) is 17.3 Å². The van der Waals surface area contributed by atoms with Crippen LogP contribution in [0.1, 0.15) is 59.3 Å². The summed E-state index contributed by atoms with van der Waals surface area (Å²) < 4.78 is 24.5. The molecule has 0 nitrogen and oxygen atoms in total. The Hall–Kier alpha value is -0.140. The molecule has 0 amide bonds. The van der Waals surface area contributed by atoms with Gasteiger partial charge in [-0.2, -0.15) is 0 Å². The van der Waals surface area contributed by atoms with E-state index < -0.39 is 6.43 Å². The summed E-state index contributed by atoms with van der Waals surface area (Å²) in [5, 5.41) is 0. The predicted octanol–water partition coefficient (Wildman–Crippen LogP) is 4.88. The third-order valence-corrected chi connectivity index (χ3v) is 3.78. The lowest BCUT2D eigenvalue weighted by Crippen LogP contribution is -2.27. The van der Waals surface area contributed by atoms with E-state index in [1.807, 2.05) is 0 Å². The fourth-order valence-corrected chi connectivity index (χ4v) is 3.04. The predicted molar refractivity (Wildman–Crippen MR) is 60.1 cm³/mol. The van der Waals surface area contributed by atoms with Gasteiger partial charge in [-0.3, -0.25) is 0 Å². The Morgan fingerprint density at radius 2 is 1.60 bits per heavy atom. The summed E-state index contributed by atoms with van der Waals surface area (Å²) in [7, 11) is 0. The topological polar surface area (TPSA) is 0 Å². The molecule has 0 saturated heterocycles. The van der Waals surface area contributed by atoms with Gasteiger partial charge in [-0.25, -0.2) is 8.78 Å². The molecule has 0 radical (unpaired) electrons. The summed E-state index contributed by atoms with van der Waals surface area (Å²) >= 11 is 0. The van der Waals surface area contributed by atoms with Crippen LogP contribution in [0.15, 0.2) is 0 Å². The maximum atomic E-state index is 12.3. The minimum atomic E-state index is -2.13. The fourth-order valence-electron chi connectivity index (χ4n) is 3.04. The second kappa shape index (κ2) is 5.27. The largest absolute Gasteiger partial charge is 0.238 e. The minimum absolute atomic E-state index is 0.0818. The molecule has 1 aliphatic rings. The van der Waals surface area contributed by atoms with Crippen molar-refractivity contribution >= 4 is 0 Å². The van der Waals surface area contributed by atoms with Crippen molar-refractivity contribution in [1.82, 2.24) is 0 Å². The summed E-state index contributed by atoms with van der Waals surface area (Å²) in [6.45, 7) is 6.59. The van der Waals surface area contributed by atoms with Gasteiger partial charge in [0.1, 0.15) is 0 Å². The molecule has 1 fully saturated rings. The van der Waals surface area contributed by atoms with Gasteiger partial charge in [0.2, 0.25) is 6.43 Å². The molecule has 15 heavy (non-hydrogen) atoms. The van der Waals surface area contributed by atoms with Gasteiger partial charge in [0, 0.05) is 6.42 Å². The van der Waals surface area contributed by atoms with Gasteiger partial charge in [0.05, 0.1) is 0 Å². The molecule has 1 unspecified atom stereocenters. The number of rotatable bonds is 4. The summed E-state index contributed by atoms with van der Waals surface area (Å²) in [6, 6.07) is 0.